The fraction of sp³-hybridized carbons (Fsp3) is 0.120. The number of rotatable bonds is 6. The fourth-order valence-corrected chi connectivity index (χ4v) is 3.41. The molecule has 0 aliphatic carbocycles. The highest BCUT2D eigenvalue weighted by Gasteiger charge is 2.30. The summed E-state index contributed by atoms with van der Waals surface area (Å²) < 4.78 is 16.5. The molecule has 0 fully saturated rings. The second kappa shape index (κ2) is 9.06. The van der Waals surface area contributed by atoms with E-state index in [9.17, 15) is 9.59 Å². The fourth-order valence-electron chi connectivity index (χ4n) is 3.22. The Morgan fingerprint density at radius 2 is 1.81 bits per heavy atom. The summed E-state index contributed by atoms with van der Waals surface area (Å²) in [5.74, 6) is 0.279. The molecule has 0 radical (unpaired) electrons. The second-order valence-corrected chi connectivity index (χ2v) is 7.42. The number of ether oxygens (including phenoxy) is 3. The average molecular weight is 435 g/mol. The first-order chi connectivity index (χ1) is 15.0. The van der Waals surface area contributed by atoms with Crippen molar-refractivity contribution in [3.63, 3.8) is 0 Å². The van der Waals surface area contributed by atoms with E-state index in [0.29, 0.717) is 33.2 Å². The second-order valence-electron chi connectivity index (χ2n) is 7.01. The summed E-state index contributed by atoms with van der Waals surface area (Å²) in [6.07, 6.45) is 1.62. The minimum absolute atomic E-state index is 0.181. The molecule has 5 nitrogen and oxygen atoms in total. The van der Waals surface area contributed by atoms with Crippen LogP contribution in [-0.2, 0) is 16.1 Å². The van der Waals surface area contributed by atoms with Crippen LogP contribution in [-0.4, -0.2) is 18.4 Å². The Morgan fingerprint density at radius 3 is 2.58 bits per heavy atom. The summed E-state index contributed by atoms with van der Waals surface area (Å²) in [5, 5.41) is 0.525. The zero-order valence-corrected chi connectivity index (χ0v) is 17.5. The number of allylic oxidation sites excluding steroid dienone is 1. The van der Waals surface area contributed by atoms with Gasteiger partial charge >= 0.3 is 5.97 Å². The van der Waals surface area contributed by atoms with Gasteiger partial charge in [-0.25, -0.2) is 4.79 Å². The van der Waals surface area contributed by atoms with Gasteiger partial charge in [-0.1, -0.05) is 60.1 Å². The van der Waals surface area contributed by atoms with Crippen molar-refractivity contribution in [1.82, 2.24) is 0 Å². The van der Waals surface area contributed by atoms with Gasteiger partial charge in [0.1, 0.15) is 18.1 Å². The molecule has 1 aliphatic heterocycles. The Kier molecular flexibility index (Phi) is 6.05. The van der Waals surface area contributed by atoms with E-state index < -0.39 is 5.97 Å². The lowest BCUT2D eigenvalue weighted by Crippen LogP contribution is -2.14. The van der Waals surface area contributed by atoms with Gasteiger partial charge in [-0.05, 0) is 41.8 Å². The van der Waals surface area contributed by atoms with Crippen molar-refractivity contribution < 1.29 is 23.8 Å². The first-order valence-electron chi connectivity index (χ1n) is 9.67. The summed E-state index contributed by atoms with van der Waals surface area (Å²) in [6, 6.07) is 19.9. The van der Waals surface area contributed by atoms with Crippen molar-refractivity contribution in [2.75, 3.05) is 6.61 Å². The Labute approximate surface area is 184 Å². The van der Waals surface area contributed by atoms with Crippen molar-refractivity contribution in [1.29, 1.82) is 0 Å². The van der Waals surface area contributed by atoms with Gasteiger partial charge in [0.05, 0.1) is 5.56 Å². The van der Waals surface area contributed by atoms with E-state index in [1.807, 2.05) is 42.5 Å². The number of Topliss-reactive ketones (excluding diaryl/α,β-unsaturated/α-hetero) is 1. The highest BCUT2D eigenvalue weighted by Crippen LogP contribution is 2.38. The molecule has 0 atom stereocenters. The van der Waals surface area contributed by atoms with E-state index in [1.54, 1.807) is 37.3 Å². The minimum Gasteiger partial charge on any atom is -0.482 e. The van der Waals surface area contributed by atoms with E-state index in [4.69, 9.17) is 25.8 Å². The molecule has 0 bridgehead atoms. The van der Waals surface area contributed by atoms with Crippen LogP contribution >= 0.6 is 11.6 Å². The lowest BCUT2D eigenvalue weighted by molar-refractivity contribution is -0.147. The molecule has 1 heterocycles. The first-order valence-corrected chi connectivity index (χ1v) is 10.0. The van der Waals surface area contributed by atoms with Gasteiger partial charge in [0.2, 0.25) is 5.78 Å². The predicted octanol–water partition coefficient (Wildman–Crippen LogP) is 5.39. The minimum atomic E-state index is -0.488. The molecule has 1 aliphatic rings. The molecule has 0 unspecified atom stereocenters. The molecule has 3 aromatic carbocycles. The Bertz CT molecular complexity index is 1170. The molecule has 0 spiro atoms. The van der Waals surface area contributed by atoms with E-state index in [0.717, 1.165) is 5.56 Å². The number of carbonyl (C=O) groups is 2. The number of fused-ring (bicyclic) bond motifs is 1. The van der Waals surface area contributed by atoms with Crippen molar-refractivity contribution in [2.45, 2.75) is 13.5 Å². The number of esters is 1. The highest BCUT2D eigenvalue weighted by atomic mass is 35.5. The summed E-state index contributed by atoms with van der Waals surface area (Å²) in [5.41, 5.74) is 2.75. The smallest absolute Gasteiger partial charge is 0.344 e. The number of halogens is 1. The van der Waals surface area contributed by atoms with Gasteiger partial charge in [0, 0.05) is 11.1 Å². The van der Waals surface area contributed by atoms with Gasteiger partial charge in [-0.15, -0.1) is 0 Å². The molecule has 0 saturated heterocycles. The summed E-state index contributed by atoms with van der Waals surface area (Å²) in [4.78, 5) is 24.8. The van der Waals surface area contributed by atoms with Crippen molar-refractivity contribution in [2.24, 2.45) is 0 Å². The van der Waals surface area contributed by atoms with Crippen molar-refractivity contribution in [3.8, 4) is 11.5 Å². The number of benzene rings is 3. The quantitative estimate of drug-likeness (QED) is 0.384. The maximum atomic E-state index is 12.8. The maximum absolute atomic E-state index is 12.8. The van der Waals surface area contributed by atoms with Gasteiger partial charge in [-0.2, -0.15) is 0 Å². The lowest BCUT2D eigenvalue weighted by Gasteiger charge is -2.09. The molecule has 0 N–H and O–H groups in total. The third-order valence-electron chi connectivity index (χ3n) is 4.73. The van der Waals surface area contributed by atoms with Gasteiger partial charge in [-0.3, -0.25) is 4.79 Å². The zero-order chi connectivity index (χ0) is 21.8. The largest absolute Gasteiger partial charge is 0.482 e. The summed E-state index contributed by atoms with van der Waals surface area (Å²) >= 11 is 6.18. The van der Waals surface area contributed by atoms with Crippen LogP contribution in [0.1, 0.15) is 27.0 Å². The molecular weight excluding hydrogens is 416 g/mol. The molecule has 156 valence electrons. The third-order valence-corrected chi connectivity index (χ3v) is 5.08. The van der Waals surface area contributed by atoms with Crippen LogP contribution in [0.4, 0.5) is 0 Å². The zero-order valence-electron chi connectivity index (χ0n) is 16.8. The Morgan fingerprint density at radius 1 is 1.06 bits per heavy atom. The van der Waals surface area contributed by atoms with Crippen LogP contribution in [0.3, 0.4) is 0 Å². The normalized spacial score (nSPS) is 13.6. The van der Waals surface area contributed by atoms with Gasteiger partial charge in [0.25, 0.3) is 0 Å². The molecular formula is C25H19ClO5. The monoisotopic (exact) mass is 434 g/mol. The molecule has 31 heavy (non-hydrogen) atoms. The number of carbonyl (C=O) groups excluding carboxylic acids is 2. The molecule has 0 amide bonds. The van der Waals surface area contributed by atoms with E-state index in [-0.39, 0.29) is 24.8 Å². The number of ketones is 1. The van der Waals surface area contributed by atoms with Crippen LogP contribution in [0.25, 0.3) is 6.08 Å². The molecule has 0 aromatic heterocycles. The van der Waals surface area contributed by atoms with E-state index in [2.05, 4.69) is 0 Å². The Balaban J connectivity index is 1.43. The average Bonchev–Trinajstić information content (AvgIpc) is 3.08. The van der Waals surface area contributed by atoms with Crippen LogP contribution in [0.15, 0.2) is 72.5 Å². The third kappa shape index (κ3) is 4.78. The van der Waals surface area contributed by atoms with Crippen LogP contribution in [0.5, 0.6) is 11.5 Å². The lowest BCUT2D eigenvalue weighted by atomic mass is 10.0. The van der Waals surface area contributed by atoms with Crippen LogP contribution in [0, 0.1) is 6.92 Å². The number of hydrogen-bond acceptors (Lipinski definition) is 5. The molecule has 3 aromatic rings. The first kappa shape index (κ1) is 20.7. The van der Waals surface area contributed by atoms with Crippen LogP contribution in [0.2, 0.25) is 5.02 Å². The highest BCUT2D eigenvalue weighted by molar-refractivity contribution is 6.32. The van der Waals surface area contributed by atoms with E-state index in [1.165, 1.54) is 0 Å². The standard InChI is InChI=1S/C25H19ClO5/c1-16-11-19(29-15-23(27)30-14-17-7-3-2-4-8-17)13-21-24(16)25(28)22(31-21)12-18-9-5-6-10-20(18)26/h2-13H,14-15H2,1H3/b22-12-. The maximum Gasteiger partial charge on any atom is 0.344 e. The summed E-state index contributed by atoms with van der Waals surface area (Å²) in [6.45, 7) is 1.72. The predicted molar refractivity (Wildman–Crippen MR) is 117 cm³/mol. The molecule has 4 rings (SSSR count). The SMILES string of the molecule is Cc1cc(OCC(=O)OCc2ccccc2)cc2c1C(=O)/C(=C/c1ccccc1Cl)O2. The number of hydrogen-bond donors (Lipinski definition) is 0. The van der Waals surface area contributed by atoms with Gasteiger partial charge in [0.15, 0.2) is 12.4 Å². The molecule has 6 heteroatoms. The Hall–Kier alpha value is -3.57. The number of aryl methyl sites for hydroxylation is 1. The summed E-state index contributed by atoms with van der Waals surface area (Å²) in [7, 11) is 0. The van der Waals surface area contributed by atoms with Gasteiger partial charge < -0.3 is 14.2 Å². The van der Waals surface area contributed by atoms with Crippen molar-refractivity contribution in [3.05, 3.63) is 99.8 Å². The van der Waals surface area contributed by atoms with Crippen molar-refractivity contribution >= 4 is 29.4 Å². The topological polar surface area (TPSA) is 61.8 Å². The van der Waals surface area contributed by atoms with E-state index >= 15 is 0 Å². The van der Waals surface area contributed by atoms with Crippen LogP contribution < -0.4 is 9.47 Å². The molecule has 0 saturated carbocycles.